The summed E-state index contributed by atoms with van der Waals surface area (Å²) in [7, 11) is 0. The minimum atomic E-state index is -0.639. The first-order valence-electron chi connectivity index (χ1n) is 1.62. The molecule has 0 unspecified atom stereocenters. The van der Waals surface area contributed by atoms with Gasteiger partial charge in [0.25, 0.3) is 0 Å². The molecule has 0 rings (SSSR count). The zero-order valence-electron chi connectivity index (χ0n) is 3.51. The topological polar surface area (TPSA) is 46.2 Å². The lowest BCUT2D eigenvalue weighted by molar-refractivity contribution is 0.263. The molecule has 0 heterocycles. The van der Waals surface area contributed by atoms with Crippen LogP contribution in [0.2, 0.25) is 0 Å². The van der Waals surface area contributed by atoms with Gasteiger partial charge >= 0.3 is 0 Å². The van der Waals surface area contributed by atoms with Gasteiger partial charge in [0.2, 0.25) is 0 Å². The first kappa shape index (κ1) is 5.85. The number of nitrogens with two attached hydrogens (primary N) is 1. The molecular formula is C3H7NOS. The van der Waals surface area contributed by atoms with Crippen LogP contribution in [0.25, 0.3) is 0 Å². The maximum atomic E-state index is 8.36. The molecule has 0 saturated carbocycles. The summed E-state index contributed by atoms with van der Waals surface area (Å²) in [5.74, 6) is 0. The molecule has 6 heavy (non-hydrogen) atoms. The van der Waals surface area contributed by atoms with Crippen molar-refractivity contribution in [2.45, 2.75) is 13.0 Å². The summed E-state index contributed by atoms with van der Waals surface area (Å²) in [5.41, 5.74) is 4.92. The average molecular weight is 105 g/mol. The fraction of sp³-hybridized carbons (Fsp3) is 0.667. The van der Waals surface area contributed by atoms with Crippen LogP contribution >= 0.6 is 12.2 Å². The predicted octanol–water partition coefficient (Wildman–Crippen LogP) is -0.347. The number of hydrogen-bond acceptors (Lipinski definition) is 2. The van der Waals surface area contributed by atoms with Crippen LogP contribution in [0.5, 0.6) is 0 Å². The van der Waals surface area contributed by atoms with Crippen molar-refractivity contribution in [3.63, 3.8) is 0 Å². The first-order chi connectivity index (χ1) is 2.64. The quantitative estimate of drug-likeness (QED) is 0.448. The van der Waals surface area contributed by atoms with E-state index in [-0.39, 0.29) is 4.99 Å². The highest BCUT2D eigenvalue weighted by atomic mass is 32.1. The van der Waals surface area contributed by atoms with Gasteiger partial charge in [0.05, 0.1) is 0 Å². The normalized spacial score (nSPS) is 13.7. The molecule has 0 saturated heterocycles. The smallest absolute Gasteiger partial charge is 0.101 e. The number of hydrogen-bond donors (Lipinski definition) is 2. The van der Waals surface area contributed by atoms with E-state index in [2.05, 4.69) is 12.2 Å². The lowest BCUT2D eigenvalue weighted by atomic mass is 10.4. The minimum absolute atomic E-state index is 0.148. The monoisotopic (exact) mass is 105 g/mol. The highest BCUT2D eigenvalue weighted by Gasteiger charge is 1.93. The molecule has 0 fully saturated rings. The van der Waals surface area contributed by atoms with Crippen molar-refractivity contribution in [1.82, 2.24) is 0 Å². The second-order valence-corrected chi connectivity index (χ2v) is 1.55. The Morgan fingerprint density at radius 1 is 2.00 bits per heavy atom. The molecule has 0 bridgehead atoms. The second kappa shape index (κ2) is 2.10. The van der Waals surface area contributed by atoms with Crippen LogP contribution < -0.4 is 5.73 Å². The van der Waals surface area contributed by atoms with Gasteiger partial charge in [-0.05, 0) is 6.92 Å². The fourth-order valence-corrected chi connectivity index (χ4v) is 0. The van der Waals surface area contributed by atoms with Gasteiger partial charge in [0.15, 0.2) is 0 Å². The van der Waals surface area contributed by atoms with Crippen LogP contribution in [-0.4, -0.2) is 16.2 Å². The van der Waals surface area contributed by atoms with Crippen molar-refractivity contribution in [3.8, 4) is 0 Å². The number of thiocarbonyl (C=S) groups is 1. The van der Waals surface area contributed by atoms with E-state index in [9.17, 15) is 0 Å². The third-order valence-corrected chi connectivity index (χ3v) is 0.753. The molecule has 0 aliphatic carbocycles. The van der Waals surface area contributed by atoms with Gasteiger partial charge < -0.3 is 10.8 Å². The standard InChI is InChI=1S/C3H7NOS/c1-2(5)3(4)6/h2,5H,1H3,(H2,4,6)/t2-/m1/s1. The summed E-state index contributed by atoms with van der Waals surface area (Å²) in [5, 5.41) is 8.36. The van der Waals surface area contributed by atoms with Crippen molar-refractivity contribution in [3.05, 3.63) is 0 Å². The highest BCUT2D eigenvalue weighted by Crippen LogP contribution is 1.75. The Morgan fingerprint density at radius 3 is 2.17 bits per heavy atom. The number of aliphatic hydroxyl groups is 1. The van der Waals surface area contributed by atoms with Crippen molar-refractivity contribution < 1.29 is 5.11 Å². The zero-order chi connectivity index (χ0) is 5.15. The maximum Gasteiger partial charge on any atom is 0.101 e. The summed E-state index contributed by atoms with van der Waals surface area (Å²) >= 11 is 4.35. The zero-order valence-corrected chi connectivity index (χ0v) is 4.33. The predicted molar refractivity (Wildman–Crippen MR) is 28.5 cm³/mol. The van der Waals surface area contributed by atoms with E-state index in [1.165, 1.54) is 6.92 Å². The minimum Gasteiger partial charge on any atom is -0.391 e. The molecule has 0 aliphatic heterocycles. The molecule has 3 N–H and O–H groups in total. The van der Waals surface area contributed by atoms with E-state index in [4.69, 9.17) is 10.8 Å². The Hall–Kier alpha value is -0.150. The average Bonchev–Trinajstić information content (AvgIpc) is 1.36. The van der Waals surface area contributed by atoms with Crippen molar-refractivity contribution >= 4 is 17.2 Å². The molecule has 0 aliphatic rings. The molecule has 0 aromatic carbocycles. The Morgan fingerprint density at radius 2 is 2.17 bits per heavy atom. The van der Waals surface area contributed by atoms with Gasteiger partial charge in [0, 0.05) is 0 Å². The Balaban J connectivity index is 3.26. The molecular weight excluding hydrogens is 98.1 g/mol. The molecule has 0 radical (unpaired) electrons. The van der Waals surface area contributed by atoms with Crippen LogP contribution in [0.3, 0.4) is 0 Å². The summed E-state index contributed by atoms with van der Waals surface area (Å²) in [6.45, 7) is 1.53. The summed E-state index contributed by atoms with van der Waals surface area (Å²) in [6, 6.07) is 0. The molecule has 0 spiro atoms. The van der Waals surface area contributed by atoms with Crippen LogP contribution in [0.15, 0.2) is 0 Å². The largest absolute Gasteiger partial charge is 0.391 e. The van der Waals surface area contributed by atoms with Gasteiger partial charge in [-0.15, -0.1) is 0 Å². The maximum absolute atomic E-state index is 8.36. The molecule has 36 valence electrons. The van der Waals surface area contributed by atoms with E-state index in [0.29, 0.717) is 0 Å². The highest BCUT2D eigenvalue weighted by molar-refractivity contribution is 7.80. The molecule has 0 aromatic rings. The van der Waals surface area contributed by atoms with E-state index in [0.717, 1.165) is 0 Å². The molecule has 0 amide bonds. The SMILES string of the molecule is C[C@@H](O)C(N)=S. The molecule has 0 aromatic heterocycles. The molecule has 1 atom stereocenters. The van der Waals surface area contributed by atoms with Gasteiger partial charge in [-0.1, -0.05) is 12.2 Å². The van der Waals surface area contributed by atoms with Crippen LogP contribution in [0.4, 0.5) is 0 Å². The van der Waals surface area contributed by atoms with Crippen molar-refractivity contribution in [1.29, 1.82) is 0 Å². The third-order valence-electron chi connectivity index (χ3n) is 0.412. The summed E-state index contributed by atoms with van der Waals surface area (Å²) in [6.07, 6.45) is -0.639. The second-order valence-electron chi connectivity index (χ2n) is 1.08. The van der Waals surface area contributed by atoms with Gasteiger partial charge in [-0.2, -0.15) is 0 Å². The summed E-state index contributed by atoms with van der Waals surface area (Å²) < 4.78 is 0. The van der Waals surface area contributed by atoms with Gasteiger partial charge in [-0.25, -0.2) is 0 Å². The van der Waals surface area contributed by atoms with Crippen molar-refractivity contribution in [2.75, 3.05) is 0 Å². The Labute approximate surface area is 42.0 Å². The lowest BCUT2D eigenvalue weighted by Gasteiger charge is -1.94. The van der Waals surface area contributed by atoms with Gasteiger partial charge in [0.1, 0.15) is 11.1 Å². The van der Waals surface area contributed by atoms with E-state index in [1.807, 2.05) is 0 Å². The van der Waals surface area contributed by atoms with E-state index >= 15 is 0 Å². The van der Waals surface area contributed by atoms with Crippen LogP contribution in [-0.2, 0) is 0 Å². The van der Waals surface area contributed by atoms with E-state index < -0.39 is 6.10 Å². The Bertz CT molecular complexity index is 61.8. The van der Waals surface area contributed by atoms with Crippen molar-refractivity contribution in [2.24, 2.45) is 5.73 Å². The van der Waals surface area contributed by atoms with Gasteiger partial charge in [-0.3, -0.25) is 0 Å². The van der Waals surface area contributed by atoms with Crippen LogP contribution in [0.1, 0.15) is 6.92 Å². The molecule has 3 heteroatoms. The fourth-order valence-electron chi connectivity index (χ4n) is 0. The Kier molecular flexibility index (Phi) is 2.05. The molecule has 2 nitrogen and oxygen atoms in total. The summed E-state index contributed by atoms with van der Waals surface area (Å²) in [4.78, 5) is 0.148. The van der Waals surface area contributed by atoms with E-state index in [1.54, 1.807) is 0 Å². The van der Waals surface area contributed by atoms with Crippen LogP contribution in [0, 0.1) is 0 Å². The number of rotatable bonds is 1. The lowest BCUT2D eigenvalue weighted by Crippen LogP contribution is -2.22. The number of aliphatic hydroxyl groups excluding tert-OH is 1. The third kappa shape index (κ3) is 2.11. The first-order valence-corrected chi connectivity index (χ1v) is 2.03.